The Kier molecular flexibility index (Phi) is 3.78. The average Bonchev–Trinajstić information content (AvgIpc) is 3.17. The molecule has 110 valence electrons. The Morgan fingerprint density at radius 1 is 1.35 bits per heavy atom. The van der Waals surface area contributed by atoms with Crippen LogP contribution in [0.5, 0.6) is 0 Å². The zero-order valence-corrected chi connectivity index (χ0v) is 11.8. The summed E-state index contributed by atoms with van der Waals surface area (Å²) in [6.07, 6.45) is 4.08. The van der Waals surface area contributed by atoms with E-state index in [9.17, 15) is 8.78 Å². The first-order chi connectivity index (χ1) is 9.59. The minimum Gasteiger partial charge on any atom is -0.378 e. The minimum absolute atomic E-state index is 0.0821. The summed E-state index contributed by atoms with van der Waals surface area (Å²) >= 11 is 0. The first-order valence-corrected chi connectivity index (χ1v) is 7.38. The van der Waals surface area contributed by atoms with E-state index in [0.717, 1.165) is 25.6 Å². The van der Waals surface area contributed by atoms with Crippen LogP contribution < -0.4 is 5.32 Å². The minimum atomic E-state index is -0.521. The van der Waals surface area contributed by atoms with Crippen LogP contribution in [0.25, 0.3) is 0 Å². The van der Waals surface area contributed by atoms with Gasteiger partial charge in [-0.25, -0.2) is 8.78 Å². The number of nitrogens with one attached hydrogen (secondary N) is 1. The molecule has 1 aliphatic carbocycles. The van der Waals surface area contributed by atoms with Crippen LogP contribution in [0.2, 0.25) is 0 Å². The summed E-state index contributed by atoms with van der Waals surface area (Å²) < 4.78 is 32.7. The van der Waals surface area contributed by atoms with Crippen LogP contribution in [0.1, 0.15) is 31.7 Å². The molecule has 1 N–H and O–H groups in total. The third-order valence-corrected chi connectivity index (χ3v) is 4.71. The van der Waals surface area contributed by atoms with Gasteiger partial charge in [-0.3, -0.25) is 0 Å². The van der Waals surface area contributed by atoms with Crippen LogP contribution in [0, 0.1) is 17.0 Å². The van der Waals surface area contributed by atoms with Crippen LogP contribution in [-0.4, -0.2) is 25.3 Å². The van der Waals surface area contributed by atoms with Gasteiger partial charge in [0, 0.05) is 30.7 Å². The molecule has 3 rings (SSSR count). The highest BCUT2D eigenvalue weighted by Gasteiger charge is 2.42. The van der Waals surface area contributed by atoms with Crippen LogP contribution in [0.15, 0.2) is 18.2 Å². The molecule has 20 heavy (non-hydrogen) atoms. The maximum Gasteiger partial charge on any atom is 0.129 e. The second-order valence-corrected chi connectivity index (χ2v) is 6.19. The number of hydrogen-bond acceptors (Lipinski definition) is 2. The Morgan fingerprint density at radius 2 is 2.15 bits per heavy atom. The van der Waals surface area contributed by atoms with Crippen LogP contribution in [0.3, 0.4) is 0 Å². The first kappa shape index (κ1) is 14.0. The van der Waals surface area contributed by atoms with Crippen molar-refractivity contribution >= 4 is 0 Å². The molecule has 0 spiro atoms. The Bertz CT molecular complexity index is 489. The normalized spacial score (nSPS) is 29.9. The molecule has 1 aromatic rings. The molecule has 2 unspecified atom stereocenters. The second-order valence-electron chi connectivity index (χ2n) is 6.19. The van der Waals surface area contributed by atoms with E-state index in [4.69, 9.17) is 4.74 Å². The van der Waals surface area contributed by atoms with Gasteiger partial charge in [-0.15, -0.1) is 0 Å². The molecule has 0 aromatic heterocycles. The van der Waals surface area contributed by atoms with Crippen molar-refractivity contribution in [2.75, 3.05) is 13.2 Å². The van der Waals surface area contributed by atoms with Gasteiger partial charge in [0.15, 0.2) is 0 Å². The summed E-state index contributed by atoms with van der Waals surface area (Å²) in [6, 6.07) is 4.49. The Labute approximate surface area is 118 Å². The molecule has 2 atom stereocenters. The highest BCUT2D eigenvalue weighted by molar-refractivity contribution is 5.21. The summed E-state index contributed by atoms with van der Waals surface area (Å²) in [7, 11) is 0. The maximum atomic E-state index is 13.9. The van der Waals surface area contributed by atoms with E-state index in [2.05, 4.69) is 12.2 Å². The predicted octanol–water partition coefficient (Wildman–Crippen LogP) is 3.05. The summed E-state index contributed by atoms with van der Waals surface area (Å²) in [5, 5.41) is 3.54. The average molecular weight is 281 g/mol. The van der Waals surface area contributed by atoms with Crippen molar-refractivity contribution in [2.45, 2.75) is 44.8 Å². The van der Waals surface area contributed by atoms with Crippen molar-refractivity contribution in [3.05, 3.63) is 35.4 Å². The maximum absolute atomic E-state index is 13.9. The summed E-state index contributed by atoms with van der Waals surface area (Å²) in [5.41, 5.74) is 0.502. The lowest BCUT2D eigenvalue weighted by Crippen LogP contribution is -2.42. The Morgan fingerprint density at radius 3 is 2.75 bits per heavy atom. The van der Waals surface area contributed by atoms with E-state index in [1.165, 1.54) is 18.9 Å². The van der Waals surface area contributed by atoms with E-state index >= 15 is 0 Å². The van der Waals surface area contributed by atoms with Gasteiger partial charge >= 0.3 is 0 Å². The molecule has 1 saturated heterocycles. The molecule has 0 radical (unpaired) electrons. The topological polar surface area (TPSA) is 21.3 Å². The standard InChI is InChI=1S/C16H21F2NO/c1-11-16(6-7-20-11,10-19-14-4-5-14)9-12-2-3-13(17)8-15(12)18/h2-3,8,11,14,19H,4-7,9-10H2,1H3. The predicted molar refractivity (Wildman–Crippen MR) is 73.6 cm³/mol. The second kappa shape index (κ2) is 5.41. The monoisotopic (exact) mass is 281 g/mol. The van der Waals surface area contributed by atoms with Gasteiger partial charge in [-0.05, 0) is 44.2 Å². The van der Waals surface area contributed by atoms with Gasteiger partial charge in [0.1, 0.15) is 11.6 Å². The zero-order valence-electron chi connectivity index (χ0n) is 11.8. The number of rotatable bonds is 5. The molecule has 2 nitrogen and oxygen atoms in total. The van der Waals surface area contributed by atoms with E-state index in [1.54, 1.807) is 6.07 Å². The Hall–Kier alpha value is -1.00. The van der Waals surface area contributed by atoms with Gasteiger partial charge in [0.2, 0.25) is 0 Å². The quantitative estimate of drug-likeness (QED) is 0.895. The van der Waals surface area contributed by atoms with Crippen molar-refractivity contribution in [1.29, 1.82) is 0 Å². The molecular weight excluding hydrogens is 260 g/mol. The lowest BCUT2D eigenvalue weighted by atomic mass is 9.76. The van der Waals surface area contributed by atoms with Crippen molar-refractivity contribution in [3.63, 3.8) is 0 Å². The van der Waals surface area contributed by atoms with Crippen molar-refractivity contribution in [1.82, 2.24) is 5.32 Å². The SMILES string of the molecule is CC1OCCC1(CNC1CC1)Cc1ccc(F)cc1F. The van der Waals surface area contributed by atoms with E-state index in [1.807, 2.05) is 0 Å². The third-order valence-electron chi connectivity index (χ3n) is 4.71. The van der Waals surface area contributed by atoms with Crippen molar-refractivity contribution in [2.24, 2.45) is 5.41 Å². The molecule has 0 amide bonds. The molecule has 2 fully saturated rings. The van der Waals surface area contributed by atoms with Crippen LogP contribution >= 0.6 is 0 Å². The Balaban J connectivity index is 1.78. The van der Waals surface area contributed by atoms with Gasteiger partial charge < -0.3 is 10.1 Å². The molecule has 4 heteroatoms. The first-order valence-electron chi connectivity index (χ1n) is 7.38. The molecular formula is C16H21F2NO. The fourth-order valence-corrected chi connectivity index (χ4v) is 3.03. The number of halogens is 2. The van der Waals surface area contributed by atoms with Crippen LogP contribution in [-0.2, 0) is 11.2 Å². The molecule has 1 heterocycles. The van der Waals surface area contributed by atoms with Gasteiger partial charge in [0.25, 0.3) is 0 Å². The summed E-state index contributed by atoms with van der Waals surface area (Å²) in [5.74, 6) is -0.970. The van der Waals surface area contributed by atoms with Crippen molar-refractivity contribution < 1.29 is 13.5 Å². The third kappa shape index (κ3) is 2.86. The molecule has 0 bridgehead atoms. The number of hydrogen-bond donors (Lipinski definition) is 1. The fourth-order valence-electron chi connectivity index (χ4n) is 3.03. The van der Waals surface area contributed by atoms with E-state index in [-0.39, 0.29) is 11.5 Å². The van der Waals surface area contributed by atoms with E-state index in [0.29, 0.717) is 18.0 Å². The highest BCUT2D eigenvalue weighted by atomic mass is 19.1. The van der Waals surface area contributed by atoms with Gasteiger partial charge in [0.05, 0.1) is 6.10 Å². The molecule has 2 aliphatic rings. The summed E-state index contributed by atoms with van der Waals surface area (Å²) in [6.45, 7) is 3.62. The van der Waals surface area contributed by atoms with Gasteiger partial charge in [-0.1, -0.05) is 6.07 Å². The number of benzene rings is 1. The van der Waals surface area contributed by atoms with Gasteiger partial charge in [-0.2, -0.15) is 0 Å². The molecule has 1 aromatic carbocycles. The summed E-state index contributed by atoms with van der Waals surface area (Å²) in [4.78, 5) is 0. The van der Waals surface area contributed by atoms with E-state index < -0.39 is 11.6 Å². The number of ether oxygens (including phenoxy) is 1. The fraction of sp³-hybridized carbons (Fsp3) is 0.625. The van der Waals surface area contributed by atoms with Crippen LogP contribution in [0.4, 0.5) is 8.78 Å². The lowest BCUT2D eigenvalue weighted by molar-refractivity contribution is 0.0624. The molecule has 1 saturated carbocycles. The molecule has 1 aliphatic heterocycles. The lowest BCUT2D eigenvalue weighted by Gasteiger charge is -2.33. The highest BCUT2D eigenvalue weighted by Crippen LogP contribution is 2.39. The smallest absolute Gasteiger partial charge is 0.129 e. The van der Waals surface area contributed by atoms with Crippen molar-refractivity contribution in [3.8, 4) is 0 Å². The zero-order chi connectivity index (χ0) is 14.2. The largest absolute Gasteiger partial charge is 0.378 e.